The molecule has 0 heterocycles. The highest BCUT2D eigenvalue weighted by Crippen LogP contribution is 2.36. The van der Waals surface area contributed by atoms with E-state index >= 15 is 0 Å². The first kappa shape index (κ1) is 16.1. The lowest BCUT2D eigenvalue weighted by molar-refractivity contribution is 0.477. The van der Waals surface area contributed by atoms with Gasteiger partial charge in [0, 0.05) is 5.39 Å². The van der Waals surface area contributed by atoms with E-state index in [1.807, 2.05) is 18.2 Å². The van der Waals surface area contributed by atoms with Crippen molar-refractivity contribution in [3.63, 3.8) is 0 Å². The van der Waals surface area contributed by atoms with Gasteiger partial charge in [0.25, 0.3) is 0 Å². The molecule has 0 saturated carbocycles. The van der Waals surface area contributed by atoms with Crippen molar-refractivity contribution < 1.29 is 13.5 Å². The smallest absolute Gasteiger partial charge is 0.240 e. The van der Waals surface area contributed by atoms with Gasteiger partial charge in [0.15, 0.2) is 0 Å². The molecule has 0 aromatic heterocycles. The van der Waals surface area contributed by atoms with Gasteiger partial charge in [0.2, 0.25) is 10.0 Å². The Morgan fingerprint density at radius 1 is 0.958 bits per heavy atom. The highest BCUT2D eigenvalue weighted by molar-refractivity contribution is 7.89. The van der Waals surface area contributed by atoms with Crippen LogP contribution in [0.15, 0.2) is 75.8 Å². The number of fused-ring (bicyclic) bond motifs is 1. The van der Waals surface area contributed by atoms with Gasteiger partial charge in [0.05, 0.1) is 10.6 Å². The molecule has 0 amide bonds. The summed E-state index contributed by atoms with van der Waals surface area (Å²) in [6.07, 6.45) is 0. The normalized spacial score (nSPS) is 12.0. The van der Waals surface area contributed by atoms with Gasteiger partial charge in [-0.2, -0.15) is 5.11 Å². The molecule has 3 rings (SSSR count). The van der Waals surface area contributed by atoms with Gasteiger partial charge in [-0.15, -0.1) is 5.11 Å². The molecule has 0 fully saturated rings. The van der Waals surface area contributed by atoms with E-state index in [0.29, 0.717) is 22.1 Å². The minimum atomic E-state index is -3.53. The number of azo groups is 1. The maximum atomic E-state index is 11.9. The lowest BCUT2D eigenvalue weighted by Gasteiger charge is -2.07. The molecule has 0 saturated heterocycles. The minimum Gasteiger partial charge on any atom is -0.506 e. The van der Waals surface area contributed by atoms with Crippen LogP contribution < -0.4 is 4.72 Å². The van der Waals surface area contributed by atoms with E-state index in [9.17, 15) is 13.5 Å². The predicted molar refractivity (Wildman–Crippen MR) is 92.5 cm³/mol. The topological polar surface area (TPSA) is 91.1 Å². The van der Waals surface area contributed by atoms with Crippen LogP contribution in [-0.4, -0.2) is 20.6 Å². The van der Waals surface area contributed by atoms with E-state index in [2.05, 4.69) is 15.0 Å². The number of hydrogen-bond acceptors (Lipinski definition) is 5. The zero-order chi connectivity index (χ0) is 17.2. The summed E-state index contributed by atoms with van der Waals surface area (Å²) >= 11 is 0. The standard InChI is InChI=1S/C17H15N3O3S/c1-18-24(22,23)14-8-9-15-12(11-14)7-10-16(21)17(15)20-19-13-5-3-2-4-6-13/h2-11,18,21H,1H3. The summed E-state index contributed by atoms with van der Waals surface area (Å²) in [7, 11) is -2.18. The minimum absolute atomic E-state index is 0.0218. The van der Waals surface area contributed by atoms with Crippen molar-refractivity contribution in [2.24, 2.45) is 10.2 Å². The van der Waals surface area contributed by atoms with Crippen LogP contribution in [0.1, 0.15) is 0 Å². The van der Waals surface area contributed by atoms with Gasteiger partial charge >= 0.3 is 0 Å². The quantitative estimate of drug-likeness (QED) is 0.706. The highest BCUT2D eigenvalue weighted by atomic mass is 32.2. The number of phenols is 1. The Hall–Kier alpha value is -2.77. The van der Waals surface area contributed by atoms with Crippen LogP contribution >= 0.6 is 0 Å². The molecule has 0 aliphatic carbocycles. The average molecular weight is 341 g/mol. The molecule has 0 spiro atoms. The first-order valence-electron chi connectivity index (χ1n) is 7.17. The first-order valence-corrected chi connectivity index (χ1v) is 8.65. The summed E-state index contributed by atoms with van der Waals surface area (Å²) in [6, 6.07) is 16.9. The SMILES string of the molecule is CNS(=O)(=O)c1ccc2c(N=Nc3ccccc3)c(O)ccc2c1. The van der Waals surface area contributed by atoms with Gasteiger partial charge in [-0.1, -0.05) is 30.3 Å². The second kappa shape index (κ2) is 6.38. The fraction of sp³-hybridized carbons (Fsp3) is 0.0588. The number of phenolic OH excluding ortho intramolecular Hbond substituents is 1. The number of nitrogens with zero attached hydrogens (tertiary/aromatic N) is 2. The molecule has 0 aliphatic rings. The van der Waals surface area contributed by atoms with Crippen LogP contribution in [0, 0.1) is 0 Å². The monoisotopic (exact) mass is 341 g/mol. The van der Waals surface area contributed by atoms with Crippen molar-refractivity contribution in [2.75, 3.05) is 7.05 Å². The lowest BCUT2D eigenvalue weighted by atomic mass is 10.1. The summed E-state index contributed by atoms with van der Waals surface area (Å²) in [5.74, 6) is -0.0218. The van der Waals surface area contributed by atoms with E-state index in [-0.39, 0.29) is 10.6 Å². The Kier molecular flexibility index (Phi) is 4.28. The molecule has 3 aromatic carbocycles. The highest BCUT2D eigenvalue weighted by Gasteiger charge is 2.14. The van der Waals surface area contributed by atoms with Crippen molar-refractivity contribution in [3.05, 3.63) is 60.7 Å². The van der Waals surface area contributed by atoms with E-state index < -0.39 is 10.0 Å². The summed E-state index contributed by atoms with van der Waals surface area (Å²) in [5, 5.41) is 19.6. The molecule has 122 valence electrons. The van der Waals surface area contributed by atoms with Crippen molar-refractivity contribution in [3.8, 4) is 5.75 Å². The maximum absolute atomic E-state index is 11.9. The number of nitrogens with one attached hydrogen (secondary N) is 1. The zero-order valence-electron chi connectivity index (χ0n) is 12.8. The molecule has 6 nitrogen and oxygen atoms in total. The van der Waals surface area contributed by atoms with Crippen LogP contribution in [0.4, 0.5) is 11.4 Å². The maximum Gasteiger partial charge on any atom is 0.240 e. The lowest BCUT2D eigenvalue weighted by Crippen LogP contribution is -2.18. The Morgan fingerprint density at radius 3 is 2.42 bits per heavy atom. The van der Waals surface area contributed by atoms with Gasteiger partial charge in [-0.25, -0.2) is 13.1 Å². The molecule has 0 unspecified atom stereocenters. The molecular weight excluding hydrogens is 326 g/mol. The van der Waals surface area contributed by atoms with Crippen LogP contribution in [0.3, 0.4) is 0 Å². The van der Waals surface area contributed by atoms with E-state index in [0.717, 1.165) is 0 Å². The van der Waals surface area contributed by atoms with Crippen molar-refractivity contribution in [1.29, 1.82) is 0 Å². The van der Waals surface area contributed by atoms with Gasteiger partial charge in [0.1, 0.15) is 11.4 Å². The zero-order valence-corrected chi connectivity index (χ0v) is 13.7. The third-order valence-electron chi connectivity index (χ3n) is 3.54. The average Bonchev–Trinajstić information content (AvgIpc) is 2.61. The van der Waals surface area contributed by atoms with Crippen LogP contribution in [0.25, 0.3) is 10.8 Å². The first-order chi connectivity index (χ1) is 11.5. The molecular formula is C17H15N3O3S. The van der Waals surface area contributed by atoms with E-state index in [1.54, 1.807) is 24.3 Å². The second-order valence-electron chi connectivity index (χ2n) is 5.06. The largest absolute Gasteiger partial charge is 0.506 e. The summed E-state index contributed by atoms with van der Waals surface area (Å²) < 4.78 is 26.1. The number of sulfonamides is 1. The van der Waals surface area contributed by atoms with Crippen LogP contribution in [-0.2, 0) is 10.0 Å². The summed E-state index contributed by atoms with van der Waals surface area (Å²) in [5.41, 5.74) is 0.952. The molecule has 24 heavy (non-hydrogen) atoms. The Labute approximate surface area is 139 Å². The van der Waals surface area contributed by atoms with E-state index in [1.165, 1.54) is 25.2 Å². The summed E-state index contributed by atoms with van der Waals surface area (Å²) in [4.78, 5) is 0.147. The second-order valence-corrected chi connectivity index (χ2v) is 6.95. The number of aromatic hydroxyl groups is 1. The Morgan fingerprint density at radius 2 is 1.71 bits per heavy atom. The molecule has 0 radical (unpaired) electrons. The fourth-order valence-corrected chi connectivity index (χ4v) is 3.04. The van der Waals surface area contributed by atoms with Gasteiger partial charge in [-0.3, -0.25) is 0 Å². The molecule has 3 aromatic rings. The Bertz CT molecular complexity index is 1020. The molecule has 7 heteroatoms. The summed E-state index contributed by atoms with van der Waals surface area (Å²) in [6.45, 7) is 0. The third-order valence-corrected chi connectivity index (χ3v) is 4.95. The third kappa shape index (κ3) is 3.12. The molecule has 0 aliphatic heterocycles. The Balaban J connectivity index is 2.11. The van der Waals surface area contributed by atoms with Crippen LogP contribution in [0.5, 0.6) is 5.75 Å². The number of hydrogen-bond donors (Lipinski definition) is 2. The van der Waals surface area contributed by atoms with Crippen molar-refractivity contribution in [1.82, 2.24) is 4.72 Å². The van der Waals surface area contributed by atoms with Crippen molar-refractivity contribution >= 4 is 32.2 Å². The fourth-order valence-electron chi connectivity index (χ4n) is 2.27. The molecule has 0 atom stereocenters. The predicted octanol–water partition coefficient (Wildman–Crippen LogP) is 3.87. The number of rotatable bonds is 4. The number of benzene rings is 3. The van der Waals surface area contributed by atoms with Gasteiger partial charge < -0.3 is 5.11 Å². The van der Waals surface area contributed by atoms with Crippen LogP contribution in [0.2, 0.25) is 0 Å². The van der Waals surface area contributed by atoms with Gasteiger partial charge in [-0.05, 0) is 42.8 Å². The van der Waals surface area contributed by atoms with E-state index in [4.69, 9.17) is 0 Å². The molecule has 2 N–H and O–H groups in total. The van der Waals surface area contributed by atoms with Crippen molar-refractivity contribution in [2.45, 2.75) is 4.90 Å². The molecule has 0 bridgehead atoms.